The van der Waals surface area contributed by atoms with Gasteiger partial charge < -0.3 is 29.2 Å². The van der Waals surface area contributed by atoms with Gasteiger partial charge in [0.1, 0.15) is 11.9 Å². The first kappa shape index (κ1) is 17.5. The average molecular weight is 362 g/mol. The van der Waals surface area contributed by atoms with Crippen molar-refractivity contribution in [2.24, 2.45) is 11.8 Å². The van der Waals surface area contributed by atoms with E-state index in [-0.39, 0.29) is 24.2 Å². The quantitative estimate of drug-likeness (QED) is 0.618. The van der Waals surface area contributed by atoms with Crippen LogP contribution >= 0.6 is 0 Å². The molecule has 26 heavy (non-hydrogen) atoms. The number of carbonyl (C=O) groups is 1. The summed E-state index contributed by atoms with van der Waals surface area (Å²) in [5, 5.41) is 20.1. The van der Waals surface area contributed by atoms with Gasteiger partial charge in [-0.25, -0.2) is 4.79 Å². The molecule has 0 aromatic heterocycles. The maximum atomic E-state index is 12.2. The lowest BCUT2D eigenvalue weighted by molar-refractivity contribution is -0.274. The molecule has 7 nitrogen and oxygen atoms in total. The first-order chi connectivity index (χ1) is 12.5. The minimum atomic E-state index is -1.03. The van der Waals surface area contributed by atoms with E-state index in [0.717, 1.165) is 5.56 Å². The summed E-state index contributed by atoms with van der Waals surface area (Å²) in [6.07, 6.45) is 2.48. The van der Waals surface area contributed by atoms with Gasteiger partial charge in [0.05, 0.1) is 12.2 Å². The Hall–Kier alpha value is -1.93. The Morgan fingerprint density at radius 2 is 2.12 bits per heavy atom. The molecule has 1 aromatic rings. The second kappa shape index (κ2) is 6.66. The molecule has 0 amide bonds. The van der Waals surface area contributed by atoms with Gasteiger partial charge in [-0.3, -0.25) is 0 Å². The number of phenols is 1. The summed E-state index contributed by atoms with van der Waals surface area (Å²) in [4.78, 5) is 12.2. The minimum absolute atomic E-state index is 0.0720. The highest BCUT2D eigenvalue weighted by atomic mass is 16.8. The predicted octanol–water partition coefficient (Wildman–Crippen LogP) is 1.43. The van der Waals surface area contributed by atoms with Gasteiger partial charge in [-0.2, -0.15) is 0 Å². The molecule has 2 aliphatic heterocycles. The molecular weight excluding hydrogens is 340 g/mol. The molecule has 0 bridgehead atoms. The summed E-state index contributed by atoms with van der Waals surface area (Å²) in [7, 11) is 1.56. The smallest absolute Gasteiger partial charge is 0.331 e. The molecule has 1 saturated carbocycles. The fraction of sp³-hybridized carbons (Fsp3) is 0.526. The van der Waals surface area contributed by atoms with Crippen LogP contribution in [-0.4, -0.2) is 54.2 Å². The second-order valence-corrected chi connectivity index (χ2v) is 7.11. The summed E-state index contributed by atoms with van der Waals surface area (Å²) in [6, 6.07) is 6.49. The molecule has 2 N–H and O–H groups in total. The van der Waals surface area contributed by atoms with Crippen LogP contribution in [0.3, 0.4) is 0 Å². The molecule has 1 aromatic carbocycles. The highest BCUT2D eigenvalue weighted by Gasteiger charge is 2.64. The number of phenolic OH excluding ortho intramolecular Hbond substituents is 1. The van der Waals surface area contributed by atoms with Crippen molar-refractivity contribution in [3.05, 3.63) is 35.9 Å². The Morgan fingerprint density at radius 1 is 1.35 bits per heavy atom. The number of methoxy groups -OCH3 is 1. The molecule has 4 rings (SSSR count). The van der Waals surface area contributed by atoms with Gasteiger partial charge in [-0.05, 0) is 23.8 Å². The summed E-state index contributed by atoms with van der Waals surface area (Å²) in [5.41, 5.74) is -0.250. The molecule has 140 valence electrons. The van der Waals surface area contributed by atoms with Gasteiger partial charge >= 0.3 is 5.97 Å². The van der Waals surface area contributed by atoms with Crippen molar-refractivity contribution in [1.82, 2.24) is 0 Å². The lowest BCUT2D eigenvalue weighted by Crippen LogP contribution is -2.45. The van der Waals surface area contributed by atoms with Crippen molar-refractivity contribution < 1.29 is 34.0 Å². The maximum Gasteiger partial charge on any atom is 0.331 e. The summed E-state index contributed by atoms with van der Waals surface area (Å²) in [6.45, 7) is 0.173. The van der Waals surface area contributed by atoms with E-state index in [0.29, 0.717) is 12.8 Å². The van der Waals surface area contributed by atoms with Crippen molar-refractivity contribution in [1.29, 1.82) is 0 Å². The van der Waals surface area contributed by atoms with E-state index < -0.39 is 30.3 Å². The van der Waals surface area contributed by atoms with Crippen LogP contribution in [0.25, 0.3) is 6.08 Å². The zero-order valence-corrected chi connectivity index (χ0v) is 14.4. The van der Waals surface area contributed by atoms with Gasteiger partial charge in [-0.1, -0.05) is 12.1 Å². The fourth-order valence-electron chi connectivity index (χ4n) is 4.27. The van der Waals surface area contributed by atoms with Crippen LogP contribution in [0, 0.1) is 11.8 Å². The first-order valence-electron chi connectivity index (χ1n) is 8.68. The van der Waals surface area contributed by atoms with E-state index in [9.17, 15) is 15.0 Å². The zero-order valence-electron chi connectivity index (χ0n) is 14.4. The molecule has 2 heterocycles. The number of benzene rings is 1. The molecular formula is C19H22O7. The van der Waals surface area contributed by atoms with Gasteiger partial charge in [0.15, 0.2) is 12.6 Å². The van der Waals surface area contributed by atoms with E-state index in [1.165, 1.54) is 6.08 Å². The molecule has 6 unspecified atom stereocenters. The standard InChI is InChI=1S/C19H22O7/c1-23-16-8-13-14(9-19(22)10-24-18(26-16)17(13)19)25-15(21)7-4-11-2-5-12(20)6-3-11/h2-7,13-14,16-18,20,22H,8-10H2,1H3. The minimum Gasteiger partial charge on any atom is -0.508 e. The third-order valence-electron chi connectivity index (χ3n) is 5.49. The van der Waals surface area contributed by atoms with E-state index in [1.54, 1.807) is 37.5 Å². The first-order valence-corrected chi connectivity index (χ1v) is 8.68. The van der Waals surface area contributed by atoms with Crippen molar-refractivity contribution in [2.45, 2.75) is 37.1 Å². The lowest BCUT2D eigenvalue weighted by atomic mass is 9.84. The van der Waals surface area contributed by atoms with Gasteiger partial charge in [-0.15, -0.1) is 0 Å². The van der Waals surface area contributed by atoms with Crippen molar-refractivity contribution in [2.75, 3.05) is 13.7 Å². The van der Waals surface area contributed by atoms with Gasteiger partial charge in [0.2, 0.25) is 0 Å². The van der Waals surface area contributed by atoms with Gasteiger partial charge in [0.25, 0.3) is 0 Å². The molecule has 6 atom stereocenters. The zero-order chi connectivity index (χ0) is 18.3. The molecule has 3 aliphatic rings. The Kier molecular flexibility index (Phi) is 4.48. The Balaban J connectivity index is 1.44. The molecule has 2 saturated heterocycles. The number of hydrogen-bond acceptors (Lipinski definition) is 7. The number of rotatable bonds is 4. The summed E-state index contributed by atoms with van der Waals surface area (Å²) < 4.78 is 22.2. The number of ether oxygens (including phenoxy) is 4. The molecule has 7 heteroatoms. The molecule has 0 spiro atoms. The number of hydrogen-bond donors (Lipinski definition) is 2. The van der Waals surface area contributed by atoms with Gasteiger partial charge in [0, 0.05) is 37.9 Å². The van der Waals surface area contributed by atoms with E-state index in [1.807, 2.05) is 0 Å². The van der Waals surface area contributed by atoms with Crippen LogP contribution in [0.4, 0.5) is 0 Å². The third kappa shape index (κ3) is 3.12. The summed E-state index contributed by atoms with van der Waals surface area (Å²) >= 11 is 0. The van der Waals surface area contributed by atoms with E-state index in [2.05, 4.69) is 0 Å². The SMILES string of the molecule is COC1CC2C(OC(=O)C=Cc3ccc(O)cc3)CC3(O)COC(O1)C23. The lowest BCUT2D eigenvalue weighted by Gasteiger charge is -2.37. The topological polar surface area (TPSA) is 94.5 Å². The number of esters is 1. The highest BCUT2D eigenvalue weighted by molar-refractivity contribution is 5.87. The number of aromatic hydroxyl groups is 1. The molecule has 0 radical (unpaired) electrons. The van der Waals surface area contributed by atoms with Crippen LogP contribution in [0.1, 0.15) is 18.4 Å². The normalized spacial score (nSPS) is 38.5. The van der Waals surface area contributed by atoms with Crippen LogP contribution in [0.5, 0.6) is 5.75 Å². The third-order valence-corrected chi connectivity index (χ3v) is 5.49. The van der Waals surface area contributed by atoms with Crippen LogP contribution < -0.4 is 0 Å². The number of carbonyl (C=O) groups excluding carboxylic acids is 1. The molecule has 1 aliphatic carbocycles. The van der Waals surface area contributed by atoms with Crippen LogP contribution in [0.2, 0.25) is 0 Å². The van der Waals surface area contributed by atoms with E-state index in [4.69, 9.17) is 18.9 Å². The summed E-state index contributed by atoms with van der Waals surface area (Å²) in [5.74, 6) is -0.589. The maximum absolute atomic E-state index is 12.2. The Labute approximate surface area is 151 Å². The van der Waals surface area contributed by atoms with Crippen LogP contribution in [-0.2, 0) is 23.7 Å². The van der Waals surface area contributed by atoms with Crippen molar-refractivity contribution in [3.8, 4) is 5.75 Å². The average Bonchev–Trinajstić information content (AvgIpc) is 3.10. The van der Waals surface area contributed by atoms with Crippen molar-refractivity contribution >= 4 is 12.0 Å². The highest BCUT2D eigenvalue weighted by Crippen LogP contribution is 2.53. The number of aliphatic hydroxyl groups is 1. The fourth-order valence-corrected chi connectivity index (χ4v) is 4.27. The predicted molar refractivity (Wildman–Crippen MR) is 89.8 cm³/mol. The second-order valence-electron chi connectivity index (χ2n) is 7.11. The largest absolute Gasteiger partial charge is 0.508 e. The Bertz CT molecular complexity index is 700. The van der Waals surface area contributed by atoms with Crippen molar-refractivity contribution in [3.63, 3.8) is 0 Å². The monoisotopic (exact) mass is 362 g/mol. The van der Waals surface area contributed by atoms with Crippen LogP contribution in [0.15, 0.2) is 30.3 Å². The van der Waals surface area contributed by atoms with E-state index >= 15 is 0 Å². The molecule has 3 fully saturated rings. The Morgan fingerprint density at radius 3 is 2.85 bits per heavy atom.